The third-order valence-corrected chi connectivity index (χ3v) is 7.36. The second kappa shape index (κ2) is 6.45. The van der Waals surface area contributed by atoms with Gasteiger partial charge in [0.1, 0.15) is 0 Å². The second-order valence-electron chi connectivity index (χ2n) is 9.42. The first kappa shape index (κ1) is 19.8. The molecular formula is C24H26Cl2O3. The minimum Gasteiger partial charge on any atom is -0.339 e. The highest BCUT2D eigenvalue weighted by Gasteiger charge is 2.74. The summed E-state index contributed by atoms with van der Waals surface area (Å²) in [6.07, 6.45) is 0.714. The van der Waals surface area contributed by atoms with Crippen molar-refractivity contribution in [2.24, 2.45) is 17.8 Å². The third-order valence-electron chi connectivity index (χ3n) is 6.85. The highest BCUT2D eigenvalue weighted by molar-refractivity contribution is 6.30. The lowest BCUT2D eigenvalue weighted by molar-refractivity contribution is -0.447. The number of ether oxygens (including phenoxy) is 3. The average molecular weight is 433 g/mol. The van der Waals surface area contributed by atoms with E-state index in [9.17, 15) is 0 Å². The Labute approximate surface area is 182 Å². The Morgan fingerprint density at radius 3 is 1.97 bits per heavy atom. The van der Waals surface area contributed by atoms with Gasteiger partial charge in [0.25, 0.3) is 0 Å². The van der Waals surface area contributed by atoms with Gasteiger partial charge in [0.05, 0.1) is 17.6 Å². The second-order valence-corrected chi connectivity index (χ2v) is 10.3. The van der Waals surface area contributed by atoms with Gasteiger partial charge in [-0.05, 0) is 49.9 Å². The van der Waals surface area contributed by atoms with Crippen molar-refractivity contribution in [1.82, 2.24) is 0 Å². The van der Waals surface area contributed by atoms with Crippen LogP contribution in [0.15, 0.2) is 48.5 Å². The smallest absolute Gasteiger partial charge is 0.204 e. The van der Waals surface area contributed by atoms with E-state index in [0.29, 0.717) is 21.9 Å². The zero-order valence-corrected chi connectivity index (χ0v) is 18.6. The van der Waals surface area contributed by atoms with Crippen LogP contribution in [0.4, 0.5) is 0 Å². The van der Waals surface area contributed by atoms with Crippen molar-refractivity contribution in [3.63, 3.8) is 0 Å². The van der Waals surface area contributed by atoms with Crippen molar-refractivity contribution in [3.8, 4) is 0 Å². The van der Waals surface area contributed by atoms with Gasteiger partial charge in [-0.15, -0.1) is 0 Å². The molecule has 6 rings (SSSR count). The Hall–Kier alpha value is -1.10. The molecule has 3 nitrogen and oxygen atoms in total. The van der Waals surface area contributed by atoms with Crippen molar-refractivity contribution in [2.45, 2.75) is 57.4 Å². The Kier molecular flexibility index (Phi) is 4.41. The van der Waals surface area contributed by atoms with Gasteiger partial charge in [-0.2, -0.15) is 0 Å². The molecule has 29 heavy (non-hydrogen) atoms. The number of hydrogen-bond donors (Lipinski definition) is 0. The van der Waals surface area contributed by atoms with E-state index in [2.05, 4.69) is 27.7 Å². The van der Waals surface area contributed by atoms with Crippen molar-refractivity contribution in [1.29, 1.82) is 0 Å². The minimum atomic E-state index is -0.871. The molecule has 2 aromatic rings. The quantitative estimate of drug-likeness (QED) is 0.552. The van der Waals surface area contributed by atoms with E-state index in [1.54, 1.807) is 0 Å². The van der Waals surface area contributed by atoms with Gasteiger partial charge in [-0.25, -0.2) is 0 Å². The van der Waals surface area contributed by atoms with Crippen LogP contribution in [0.5, 0.6) is 0 Å². The molecule has 0 amide bonds. The lowest BCUT2D eigenvalue weighted by Crippen LogP contribution is -2.63. The first-order chi connectivity index (χ1) is 13.7. The van der Waals surface area contributed by atoms with Crippen LogP contribution < -0.4 is 0 Å². The van der Waals surface area contributed by atoms with Gasteiger partial charge in [-0.3, -0.25) is 0 Å². The van der Waals surface area contributed by atoms with Crippen molar-refractivity contribution in [2.75, 3.05) is 0 Å². The first-order valence-corrected chi connectivity index (χ1v) is 11.0. The summed E-state index contributed by atoms with van der Waals surface area (Å²) in [5.41, 5.74) is 1.50. The maximum absolute atomic E-state index is 6.89. The summed E-state index contributed by atoms with van der Waals surface area (Å²) in [7, 11) is 0. The van der Waals surface area contributed by atoms with Crippen LogP contribution in [-0.4, -0.2) is 11.7 Å². The van der Waals surface area contributed by atoms with Crippen LogP contribution in [0.25, 0.3) is 0 Å². The molecular weight excluding hydrogens is 407 g/mol. The molecule has 4 fully saturated rings. The summed E-state index contributed by atoms with van der Waals surface area (Å²) in [4.78, 5) is 0. The Morgan fingerprint density at radius 2 is 1.41 bits per heavy atom. The van der Waals surface area contributed by atoms with E-state index in [0.717, 1.165) is 17.5 Å². The molecule has 0 aromatic heterocycles. The molecule has 4 heterocycles. The fourth-order valence-corrected chi connectivity index (χ4v) is 5.80. The van der Waals surface area contributed by atoms with Crippen molar-refractivity contribution >= 4 is 23.2 Å². The predicted molar refractivity (Wildman–Crippen MR) is 114 cm³/mol. The van der Waals surface area contributed by atoms with Crippen molar-refractivity contribution < 1.29 is 14.2 Å². The molecule has 0 spiro atoms. The third kappa shape index (κ3) is 2.82. The Balaban J connectivity index is 1.72. The maximum atomic E-state index is 6.89. The maximum Gasteiger partial charge on any atom is 0.204 e. The molecule has 4 aliphatic rings. The predicted octanol–water partition coefficient (Wildman–Crippen LogP) is 6.52. The summed E-state index contributed by atoms with van der Waals surface area (Å²) >= 11 is 12.3. The monoisotopic (exact) mass is 432 g/mol. The number of halogens is 2. The SMILES string of the molecule is CC(C)[C@@H]1C[C@]2(c3ccc(Cl)cc3)O[C@@H]3[C@@H]1[C@](c1ccc(Cl)cc1)(OC3(C)C)O2. The van der Waals surface area contributed by atoms with E-state index in [1.807, 2.05) is 48.5 Å². The Bertz CT molecular complexity index is 924. The number of hydrogen-bond acceptors (Lipinski definition) is 3. The summed E-state index contributed by atoms with van der Waals surface area (Å²) in [5, 5.41) is 1.39. The van der Waals surface area contributed by atoms with Gasteiger partial charge in [0.15, 0.2) is 5.79 Å². The summed E-state index contributed by atoms with van der Waals surface area (Å²) in [5.74, 6) is -0.787. The first-order valence-electron chi connectivity index (χ1n) is 10.3. The molecule has 4 aliphatic heterocycles. The van der Waals surface area contributed by atoms with Gasteiger partial charge < -0.3 is 14.2 Å². The van der Waals surface area contributed by atoms with Gasteiger partial charge in [0, 0.05) is 27.6 Å². The van der Waals surface area contributed by atoms with Crippen LogP contribution >= 0.6 is 23.2 Å². The fraction of sp³-hybridized carbons (Fsp3) is 0.500. The average Bonchev–Trinajstić information content (AvgIpc) is 2.85. The molecule has 0 unspecified atom stereocenters. The van der Waals surface area contributed by atoms with Crippen LogP contribution in [0, 0.1) is 17.8 Å². The molecule has 0 N–H and O–H groups in total. The van der Waals surface area contributed by atoms with E-state index in [1.165, 1.54) is 0 Å². The highest BCUT2D eigenvalue weighted by Crippen LogP contribution is 2.68. The number of rotatable bonds is 3. The molecule has 0 saturated carbocycles. The molecule has 5 heteroatoms. The standard InChI is InChI=1S/C24H26Cl2O3/c1-14(2)19-13-23(15-5-9-17(25)10-6-15)27-21-20(19)24(29-23,28-22(21,3)4)16-7-11-18(26)12-8-16/h5-12,14,19-21H,13H2,1-4H3/t19-,20+,21+,23-,24+/m0/s1. The lowest BCUT2D eigenvalue weighted by Gasteiger charge is -2.58. The molecule has 0 aliphatic carbocycles. The van der Waals surface area contributed by atoms with E-state index >= 15 is 0 Å². The molecule has 4 bridgehead atoms. The number of benzene rings is 2. The Morgan fingerprint density at radius 1 is 0.862 bits per heavy atom. The van der Waals surface area contributed by atoms with Crippen LogP contribution in [0.2, 0.25) is 10.0 Å². The summed E-state index contributed by atoms with van der Waals surface area (Å²) in [6, 6.07) is 15.7. The molecule has 0 radical (unpaired) electrons. The van der Waals surface area contributed by atoms with Crippen molar-refractivity contribution in [3.05, 3.63) is 69.7 Å². The molecule has 154 valence electrons. The fourth-order valence-electron chi connectivity index (χ4n) is 5.55. The van der Waals surface area contributed by atoms with Gasteiger partial charge >= 0.3 is 0 Å². The van der Waals surface area contributed by atoms with E-state index in [-0.39, 0.29) is 12.0 Å². The topological polar surface area (TPSA) is 27.7 Å². The lowest BCUT2D eigenvalue weighted by atomic mass is 9.65. The van der Waals surface area contributed by atoms with Crippen LogP contribution in [0.1, 0.15) is 45.2 Å². The highest BCUT2D eigenvalue weighted by atomic mass is 35.5. The zero-order valence-electron chi connectivity index (χ0n) is 17.1. The van der Waals surface area contributed by atoms with E-state index < -0.39 is 17.2 Å². The van der Waals surface area contributed by atoms with Gasteiger partial charge in [-0.1, -0.05) is 61.3 Å². The minimum absolute atomic E-state index is 0.0799. The summed E-state index contributed by atoms with van der Waals surface area (Å²) in [6.45, 7) is 8.77. The molecule has 5 atom stereocenters. The molecule has 2 aromatic carbocycles. The largest absolute Gasteiger partial charge is 0.339 e. The molecule has 4 saturated heterocycles. The number of fused-ring (bicyclic) bond motifs is 1. The zero-order chi connectivity index (χ0) is 20.6. The van der Waals surface area contributed by atoms with E-state index in [4.69, 9.17) is 37.4 Å². The summed E-state index contributed by atoms with van der Waals surface area (Å²) < 4.78 is 20.4. The van der Waals surface area contributed by atoms with Crippen LogP contribution in [0.3, 0.4) is 0 Å². The normalized spacial score (nSPS) is 37.3. The van der Waals surface area contributed by atoms with Crippen LogP contribution in [-0.2, 0) is 25.8 Å². The van der Waals surface area contributed by atoms with Gasteiger partial charge in [0.2, 0.25) is 5.79 Å².